The van der Waals surface area contributed by atoms with Crippen molar-refractivity contribution in [2.24, 2.45) is 0 Å². The minimum Gasteiger partial charge on any atom is -0.402 e. The Hall–Kier alpha value is 0.427. The van der Waals surface area contributed by atoms with Crippen molar-refractivity contribution in [3.05, 3.63) is 0 Å². The molecule has 10 heavy (non-hydrogen) atoms. The summed E-state index contributed by atoms with van der Waals surface area (Å²) in [4.78, 5) is 0. The van der Waals surface area contributed by atoms with Gasteiger partial charge in [-0.05, 0) is 12.8 Å². The third-order valence-corrected chi connectivity index (χ3v) is 2.18. The SMILES string of the molecule is CO[SiH2]OC.ClC1CCC1. The lowest BCUT2D eigenvalue weighted by Gasteiger charge is -2.16. The lowest BCUT2D eigenvalue weighted by atomic mass is 10.0. The van der Waals surface area contributed by atoms with Gasteiger partial charge in [0, 0.05) is 19.6 Å². The van der Waals surface area contributed by atoms with Crippen LogP contribution in [0.2, 0.25) is 0 Å². The van der Waals surface area contributed by atoms with Crippen LogP contribution in [0.3, 0.4) is 0 Å². The molecule has 1 aliphatic rings. The Morgan fingerprint density at radius 2 is 1.70 bits per heavy atom. The second-order valence-electron chi connectivity index (χ2n) is 2.22. The van der Waals surface area contributed by atoms with Gasteiger partial charge in [-0.3, -0.25) is 0 Å². The van der Waals surface area contributed by atoms with Crippen LogP contribution in [-0.2, 0) is 8.85 Å². The van der Waals surface area contributed by atoms with Gasteiger partial charge < -0.3 is 8.85 Å². The smallest absolute Gasteiger partial charge is 0.303 e. The van der Waals surface area contributed by atoms with Crippen LogP contribution in [0.15, 0.2) is 0 Å². The Morgan fingerprint density at radius 3 is 1.70 bits per heavy atom. The van der Waals surface area contributed by atoms with Crippen molar-refractivity contribution < 1.29 is 8.85 Å². The van der Waals surface area contributed by atoms with Gasteiger partial charge in [-0.2, -0.15) is 0 Å². The van der Waals surface area contributed by atoms with Crippen LogP contribution >= 0.6 is 11.6 Å². The van der Waals surface area contributed by atoms with E-state index in [0.29, 0.717) is 5.38 Å². The third-order valence-electron chi connectivity index (χ3n) is 1.27. The quantitative estimate of drug-likeness (QED) is 0.470. The molecule has 0 aromatic heterocycles. The Labute approximate surface area is 69.9 Å². The molecule has 0 saturated heterocycles. The molecule has 1 rings (SSSR count). The van der Waals surface area contributed by atoms with Crippen LogP contribution in [-0.4, -0.2) is 29.6 Å². The molecule has 0 aliphatic heterocycles. The predicted octanol–water partition coefficient (Wildman–Crippen LogP) is 1.06. The fourth-order valence-electron chi connectivity index (χ4n) is 0.476. The molecular formula is C6H15ClO2Si. The molecule has 1 saturated carbocycles. The third kappa shape index (κ3) is 6.55. The van der Waals surface area contributed by atoms with E-state index in [1.165, 1.54) is 19.3 Å². The first kappa shape index (κ1) is 10.4. The number of hydrogen-bond acceptors (Lipinski definition) is 2. The molecule has 0 unspecified atom stereocenters. The van der Waals surface area contributed by atoms with E-state index in [1.54, 1.807) is 14.2 Å². The van der Waals surface area contributed by atoms with E-state index in [2.05, 4.69) is 8.85 Å². The van der Waals surface area contributed by atoms with Crippen LogP contribution in [0.5, 0.6) is 0 Å². The molecule has 0 atom stereocenters. The molecule has 4 heteroatoms. The van der Waals surface area contributed by atoms with Crippen molar-refractivity contribution in [1.29, 1.82) is 0 Å². The van der Waals surface area contributed by atoms with Gasteiger partial charge >= 0.3 is 10.0 Å². The predicted molar refractivity (Wildman–Crippen MR) is 46.1 cm³/mol. The van der Waals surface area contributed by atoms with E-state index in [0.717, 1.165) is 0 Å². The minimum atomic E-state index is -0.568. The summed E-state index contributed by atoms with van der Waals surface area (Å²) in [5.74, 6) is 0. The van der Waals surface area contributed by atoms with E-state index in [9.17, 15) is 0 Å². The van der Waals surface area contributed by atoms with Gasteiger partial charge in [-0.15, -0.1) is 11.6 Å². The Bertz CT molecular complexity index is 66.8. The van der Waals surface area contributed by atoms with Crippen LogP contribution in [0.4, 0.5) is 0 Å². The molecule has 0 heterocycles. The lowest BCUT2D eigenvalue weighted by Crippen LogP contribution is -2.08. The highest BCUT2D eigenvalue weighted by molar-refractivity contribution is 6.21. The Morgan fingerprint density at radius 1 is 1.30 bits per heavy atom. The summed E-state index contributed by atoms with van der Waals surface area (Å²) in [5.41, 5.74) is 0. The van der Waals surface area contributed by atoms with Gasteiger partial charge in [-0.1, -0.05) is 6.42 Å². The van der Waals surface area contributed by atoms with Gasteiger partial charge in [0.15, 0.2) is 0 Å². The molecule has 1 aliphatic carbocycles. The number of halogens is 1. The van der Waals surface area contributed by atoms with Crippen LogP contribution in [0, 0.1) is 0 Å². The zero-order valence-corrected chi connectivity index (χ0v) is 8.77. The first-order valence-corrected chi connectivity index (χ1v) is 5.02. The Balaban J connectivity index is 0.000000162. The zero-order valence-electron chi connectivity index (χ0n) is 6.60. The van der Waals surface area contributed by atoms with Crippen molar-refractivity contribution in [2.75, 3.05) is 14.2 Å². The summed E-state index contributed by atoms with van der Waals surface area (Å²) in [5, 5.41) is 0.537. The summed E-state index contributed by atoms with van der Waals surface area (Å²) in [6, 6.07) is 0. The van der Waals surface area contributed by atoms with Crippen molar-refractivity contribution in [1.82, 2.24) is 0 Å². The standard InChI is InChI=1S/C4H7Cl.C2H8O2Si/c5-4-2-1-3-4;1-3-5-4-2/h4H,1-3H2;5H2,1-2H3. The van der Waals surface area contributed by atoms with Crippen LogP contribution in [0.25, 0.3) is 0 Å². The minimum absolute atomic E-state index is 0.537. The molecular weight excluding hydrogens is 168 g/mol. The second kappa shape index (κ2) is 7.53. The van der Waals surface area contributed by atoms with Crippen molar-refractivity contribution in [3.8, 4) is 0 Å². The molecule has 0 radical (unpaired) electrons. The molecule has 2 nitrogen and oxygen atoms in total. The molecule has 0 amide bonds. The molecule has 0 aromatic rings. The first-order valence-electron chi connectivity index (χ1n) is 3.43. The van der Waals surface area contributed by atoms with E-state index in [4.69, 9.17) is 11.6 Å². The zero-order chi connectivity index (χ0) is 7.82. The van der Waals surface area contributed by atoms with E-state index in [-0.39, 0.29) is 0 Å². The summed E-state index contributed by atoms with van der Waals surface area (Å²) in [6.07, 6.45) is 3.86. The topological polar surface area (TPSA) is 18.5 Å². The highest BCUT2D eigenvalue weighted by Gasteiger charge is 2.11. The summed E-state index contributed by atoms with van der Waals surface area (Å²) >= 11 is 5.55. The first-order chi connectivity index (χ1) is 4.81. The fraction of sp³-hybridized carbons (Fsp3) is 1.00. The van der Waals surface area contributed by atoms with Crippen molar-refractivity contribution in [2.45, 2.75) is 24.6 Å². The molecule has 62 valence electrons. The van der Waals surface area contributed by atoms with Gasteiger partial charge in [0.2, 0.25) is 0 Å². The van der Waals surface area contributed by atoms with Gasteiger partial charge in [0.25, 0.3) is 0 Å². The summed E-state index contributed by atoms with van der Waals surface area (Å²) in [6.45, 7) is 0. The fourth-order valence-corrected chi connectivity index (χ4v) is 1.02. The number of rotatable bonds is 2. The van der Waals surface area contributed by atoms with E-state index < -0.39 is 10.0 Å². The molecule has 0 spiro atoms. The van der Waals surface area contributed by atoms with Crippen molar-refractivity contribution in [3.63, 3.8) is 0 Å². The van der Waals surface area contributed by atoms with E-state index >= 15 is 0 Å². The number of alkyl halides is 1. The maximum atomic E-state index is 5.55. The average molecular weight is 183 g/mol. The van der Waals surface area contributed by atoms with Crippen molar-refractivity contribution >= 4 is 21.6 Å². The highest BCUT2D eigenvalue weighted by atomic mass is 35.5. The largest absolute Gasteiger partial charge is 0.402 e. The molecule has 0 bridgehead atoms. The Kier molecular flexibility index (Phi) is 7.85. The number of hydrogen-bond donors (Lipinski definition) is 0. The average Bonchev–Trinajstić information content (AvgIpc) is 1.87. The summed E-state index contributed by atoms with van der Waals surface area (Å²) < 4.78 is 9.22. The van der Waals surface area contributed by atoms with Crippen LogP contribution < -0.4 is 0 Å². The molecule has 0 N–H and O–H groups in total. The van der Waals surface area contributed by atoms with Gasteiger partial charge in [0.05, 0.1) is 0 Å². The maximum Gasteiger partial charge on any atom is 0.303 e. The maximum absolute atomic E-state index is 5.55. The van der Waals surface area contributed by atoms with E-state index in [1.807, 2.05) is 0 Å². The monoisotopic (exact) mass is 182 g/mol. The molecule has 1 fully saturated rings. The molecule has 0 aromatic carbocycles. The highest BCUT2D eigenvalue weighted by Crippen LogP contribution is 2.23. The normalized spacial score (nSPS) is 17.1. The summed E-state index contributed by atoms with van der Waals surface area (Å²) in [7, 11) is 2.73. The lowest BCUT2D eigenvalue weighted by molar-refractivity contribution is 0.309. The van der Waals surface area contributed by atoms with Gasteiger partial charge in [-0.25, -0.2) is 0 Å². The second-order valence-corrected chi connectivity index (χ2v) is 4.23. The van der Waals surface area contributed by atoms with Gasteiger partial charge in [0.1, 0.15) is 0 Å². The van der Waals surface area contributed by atoms with Crippen LogP contribution in [0.1, 0.15) is 19.3 Å².